The normalized spacial score (nSPS) is 11.7. The predicted octanol–water partition coefficient (Wildman–Crippen LogP) is 8.44. The van der Waals surface area contributed by atoms with Crippen molar-refractivity contribution in [3.63, 3.8) is 0 Å². The Morgan fingerprint density at radius 1 is 0.581 bits per heavy atom. The van der Waals surface area contributed by atoms with Crippen molar-refractivity contribution >= 4 is 11.4 Å². The lowest BCUT2D eigenvalue weighted by Gasteiger charge is -2.20. The second kappa shape index (κ2) is 8.57. The summed E-state index contributed by atoms with van der Waals surface area (Å²) in [5.74, 6) is 0.178. The Balaban J connectivity index is 1.88. The highest BCUT2D eigenvalue weighted by atomic mass is 16.3. The highest BCUT2D eigenvalue weighted by Crippen LogP contribution is 2.42. The summed E-state index contributed by atoms with van der Waals surface area (Å²) in [7, 11) is 0. The zero-order valence-electron chi connectivity index (χ0n) is 18.1. The SMILES string of the molecule is CC(C)(C)c1cccc(N=Nc2c(-c3ccccc3)cccc2-c2ccccc2)c1O. The maximum atomic E-state index is 10.8. The molecule has 0 bridgehead atoms. The van der Waals surface area contributed by atoms with Gasteiger partial charge in [-0.25, -0.2) is 0 Å². The summed E-state index contributed by atoms with van der Waals surface area (Å²) < 4.78 is 0. The third-order valence-electron chi connectivity index (χ3n) is 5.29. The van der Waals surface area contributed by atoms with E-state index in [4.69, 9.17) is 0 Å². The monoisotopic (exact) mass is 406 g/mol. The Bertz CT molecular complexity index is 1150. The van der Waals surface area contributed by atoms with Crippen LogP contribution in [0.15, 0.2) is 107 Å². The number of phenols is 1. The van der Waals surface area contributed by atoms with E-state index in [2.05, 4.69) is 67.4 Å². The fraction of sp³-hybridized carbons (Fsp3) is 0.143. The van der Waals surface area contributed by atoms with Gasteiger partial charge in [0.2, 0.25) is 0 Å². The van der Waals surface area contributed by atoms with Crippen molar-refractivity contribution in [2.45, 2.75) is 26.2 Å². The fourth-order valence-electron chi connectivity index (χ4n) is 3.67. The van der Waals surface area contributed by atoms with Gasteiger partial charge in [0.25, 0.3) is 0 Å². The van der Waals surface area contributed by atoms with Gasteiger partial charge in [0.1, 0.15) is 17.1 Å². The van der Waals surface area contributed by atoms with Crippen LogP contribution in [0.2, 0.25) is 0 Å². The molecule has 0 saturated carbocycles. The van der Waals surface area contributed by atoms with Crippen LogP contribution in [0.5, 0.6) is 5.75 Å². The van der Waals surface area contributed by atoms with Crippen molar-refractivity contribution in [3.05, 3.63) is 103 Å². The minimum Gasteiger partial charge on any atom is -0.505 e. The standard InChI is InChI=1S/C28H26N2O/c1-28(2,3)24-18-11-19-25(27(24)31)29-30-26-22(20-12-6-4-7-13-20)16-10-17-23(26)21-14-8-5-9-15-21/h4-19,31H,1-3H3. The van der Waals surface area contributed by atoms with Gasteiger partial charge in [0.05, 0.1) is 0 Å². The zero-order chi connectivity index (χ0) is 21.8. The lowest BCUT2D eigenvalue weighted by Crippen LogP contribution is -2.10. The molecule has 0 spiro atoms. The minimum atomic E-state index is -0.188. The van der Waals surface area contributed by atoms with Crippen molar-refractivity contribution in [2.24, 2.45) is 10.2 Å². The van der Waals surface area contributed by atoms with E-state index in [9.17, 15) is 5.11 Å². The van der Waals surface area contributed by atoms with Crippen LogP contribution in [0.25, 0.3) is 22.3 Å². The van der Waals surface area contributed by atoms with Gasteiger partial charge in [-0.1, -0.05) is 112 Å². The number of para-hydroxylation sites is 1. The van der Waals surface area contributed by atoms with Crippen LogP contribution in [0, 0.1) is 0 Å². The Kier molecular flexibility index (Phi) is 5.68. The summed E-state index contributed by atoms with van der Waals surface area (Å²) in [6.07, 6.45) is 0. The number of aromatic hydroxyl groups is 1. The first-order chi connectivity index (χ1) is 14.9. The molecule has 3 heteroatoms. The second-order valence-electron chi connectivity index (χ2n) is 8.56. The molecule has 0 aliphatic carbocycles. The van der Waals surface area contributed by atoms with Crippen molar-refractivity contribution in [2.75, 3.05) is 0 Å². The summed E-state index contributed by atoms with van der Waals surface area (Å²) in [5.41, 5.74) is 6.05. The number of hydrogen-bond donors (Lipinski definition) is 1. The lowest BCUT2D eigenvalue weighted by molar-refractivity contribution is 0.448. The van der Waals surface area contributed by atoms with E-state index in [1.807, 2.05) is 54.6 Å². The van der Waals surface area contributed by atoms with Gasteiger partial charge >= 0.3 is 0 Å². The number of rotatable bonds is 4. The van der Waals surface area contributed by atoms with Crippen LogP contribution < -0.4 is 0 Å². The molecule has 0 aliphatic heterocycles. The molecule has 1 N–H and O–H groups in total. The lowest BCUT2D eigenvalue weighted by atomic mass is 9.86. The Labute approximate surface area is 183 Å². The van der Waals surface area contributed by atoms with Crippen LogP contribution >= 0.6 is 0 Å². The fourth-order valence-corrected chi connectivity index (χ4v) is 3.67. The highest BCUT2D eigenvalue weighted by Gasteiger charge is 2.20. The van der Waals surface area contributed by atoms with E-state index in [1.165, 1.54) is 0 Å². The number of benzene rings is 4. The van der Waals surface area contributed by atoms with Gasteiger partial charge in [0, 0.05) is 16.7 Å². The van der Waals surface area contributed by atoms with Gasteiger partial charge in [-0.05, 0) is 22.6 Å². The van der Waals surface area contributed by atoms with Crippen molar-refractivity contribution < 1.29 is 5.11 Å². The molecule has 0 aromatic heterocycles. The summed E-state index contributed by atoms with van der Waals surface area (Å²) in [4.78, 5) is 0. The van der Waals surface area contributed by atoms with Gasteiger partial charge in [-0.15, -0.1) is 10.2 Å². The maximum absolute atomic E-state index is 10.8. The number of phenolic OH excluding ortho intramolecular Hbond substituents is 1. The van der Waals surface area contributed by atoms with Crippen LogP contribution in [-0.4, -0.2) is 5.11 Å². The molecule has 0 unspecified atom stereocenters. The molecule has 0 heterocycles. The number of azo groups is 1. The molecule has 31 heavy (non-hydrogen) atoms. The molecule has 4 aromatic carbocycles. The van der Waals surface area contributed by atoms with E-state index < -0.39 is 0 Å². The molecule has 0 amide bonds. The van der Waals surface area contributed by atoms with Gasteiger partial charge in [-0.2, -0.15) is 0 Å². The molecule has 0 fully saturated rings. The zero-order valence-corrected chi connectivity index (χ0v) is 18.1. The van der Waals surface area contributed by atoms with E-state index in [0.717, 1.165) is 33.5 Å². The van der Waals surface area contributed by atoms with Gasteiger partial charge < -0.3 is 5.11 Å². The molecule has 0 saturated heterocycles. The minimum absolute atomic E-state index is 0.178. The quantitative estimate of drug-likeness (QED) is 0.340. The Morgan fingerprint density at radius 2 is 1.10 bits per heavy atom. The first kappa shape index (κ1) is 20.5. The first-order valence-electron chi connectivity index (χ1n) is 10.4. The van der Waals surface area contributed by atoms with Crippen LogP contribution in [-0.2, 0) is 5.41 Å². The smallest absolute Gasteiger partial charge is 0.146 e. The van der Waals surface area contributed by atoms with E-state index >= 15 is 0 Å². The summed E-state index contributed by atoms with van der Waals surface area (Å²) in [5, 5.41) is 20.0. The third kappa shape index (κ3) is 4.41. The van der Waals surface area contributed by atoms with Gasteiger partial charge in [-0.3, -0.25) is 0 Å². The molecule has 3 nitrogen and oxygen atoms in total. The molecular weight excluding hydrogens is 380 g/mol. The van der Waals surface area contributed by atoms with Crippen LogP contribution in [0.4, 0.5) is 11.4 Å². The molecule has 0 aliphatic rings. The van der Waals surface area contributed by atoms with Crippen LogP contribution in [0.1, 0.15) is 26.3 Å². The predicted molar refractivity (Wildman–Crippen MR) is 128 cm³/mol. The van der Waals surface area contributed by atoms with Crippen molar-refractivity contribution in [1.82, 2.24) is 0 Å². The Hall–Kier alpha value is -3.72. The van der Waals surface area contributed by atoms with Crippen molar-refractivity contribution in [3.8, 4) is 28.0 Å². The second-order valence-corrected chi connectivity index (χ2v) is 8.56. The summed E-state index contributed by atoms with van der Waals surface area (Å²) in [6.45, 7) is 6.21. The molecule has 0 atom stereocenters. The Morgan fingerprint density at radius 3 is 1.61 bits per heavy atom. The molecule has 154 valence electrons. The topological polar surface area (TPSA) is 45.0 Å². The van der Waals surface area contributed by atoms with E-state index in [-0.39, 0.29) is 11.2 Å². The van der Waals surface area contributed by atoms with Crippen molar-refractivity contribution in [1.29, 1.82) is 0 Å². The van der Waals surface area contributed by atoms with E-state index in [1.54, 1.807) is 6.07 Å². The molecule has 0 radical (unpaired) electrons. The van der Waals surface area contributed by atoms with Crippen LogP contribution in [0.3, 0.4) is 0 Å². The molecule has 4 rings (SSSR count). The van der Waals surface area contributed by atoms with E-state index in [0.29, 0.717) is 5.69 Å². The summed E-state index contributed by atoms with van der Waals surface area (Å²) >= 11 is 0. The summed E-state index contributed by atoms with van der Waals surface area (Å²) in [6, 6.07) is 32.2. The number of hydrogen-bond acceptors (Lipinski definition) is 3. The first-order valence-corrected chi connectivity index (χ1v) is 10.4. The molecular formula is C28H26N2O. The number of nitrogens with zero attached hydrogens (tertiary/aromatic N) is 2. The average Bonchev–Trinajstić information content (AvgIpc) is 2.78. The third-order valence-corrected chi connectivity index (χ3v) is 5.29. The average molecular weight is 407 g/mol. The highest BCUT2D eigenvalue weighted by molar-refractivity contribution is 5.88. The van der Waals surface area contributed by atoms with Gasteiger partial charge in [0.15, 0.2) is 0 Å². The molecule has 4 aromatic rings. The maximum Gasteiger partial charge on any atom is 0.146 e. The largest absolute Gasteiger partial charge is 0.505 e.